The molecular formula is C48H54N2O8S. The van der Waals surface area contributed by atoms with Crippen LogP contribution in [0.3, 0.4) is 0 Å². The van der Waals surface area contributed by atoms with E-state index in [-0.39, 0.29) is 54.8 Å². The Morgan fingerprint density at radius 1 is 0.983 bits per heavy atom. The van der Waals surface area contributed by atoms with E-state index in [9.17, 15) is 14.7 Å². The lowest BCUT2D eigenvalue weighted by molar-refractivity contribution is -0.176. The van der Waals surface area contributed by atoms with Crippen LogP contribution in [0.2, 0.25) is 0 Å². The molecule has 5 aliphatic heterocycles. The van der Waals surface area contributed by atoms with E-state index >= 15 is 4.79 Å². The molecule has 1 spiro atoms. The number of ether oxygens (including phenoxy) is 4. The fourth-order valence-corrected chi connectivity index (χ4v) is 12.3. The van der Waals surface area contributed by atoms with E-state index in [0.29, 0.717) is 47.6 Å². The minimum atomic E-state index is -1.50. The van der Waals surface area contributed by atoms with Crippen molar-refractivity contribution in [2.75, 3.05) is 18.5 Å². The summed E-state index contributed by atoms with van der Waals surface area (Å²) in [4.78, 5) is 43.5. The minimum absolute atomic E-state index is 0.0348. The van der Waals surface area contributed by atoms with Crippen molar-refractivity contribution in [1.82, 2.24) is 5.32 Å². The first kappa shape index (κ1) is 39.9. The molecule has 4 bridgehead atoms. The molecule has 2 aromatic rings. The summed E-state index contributed by atoms with van der Waals surface area (Å²) in [6.07, 6.45) is 11.0. The van der Waals surface area contributed by atoms with Gasteiger partial charge in [0.2, 0.25) is 5.91 Å². The normalized spacial score (nSPS) is 29.9. The first-order valence-corrected chi connectivity index (χ1v) is 21.8. The highest BCUT2D eigenvalue weighted by atomic mass is 32.2. The molecule has 6 unspecified atom stereocenters. The maximum absolute atomic E-state index is 15.5. The van der Waals surface area contributed by atoms with Gasteiger partial charge in [0.25, 0.3) is 0 Å². The Balaban J connectivity index is 1.35. The van der Waals surface area contributed by atoms with E-state index in [2.05, 4.69) is 69.5 Å². The predicted octanol–water partition coefficient (Wildman–Crippen LogP) is 8.43. The van der Waals surface area contributed by atoms with Gasteiger partial charge >= 0.3 is 5.97 Å². The number of carbonyl (C=O) groups is 3. The van der Waals surface area contributed by atoms with Gasteiger partial charge in [-0.3, -0.25) is 14.4 Å². The zero-order valence-corrected chi connectivity index (χ0v) is 36.0. The van der Waals surface area contributed by atoms with Gasteiger partial charge in [-0.25, -0.2) is 0 Å². The number of para-hydroxylation sites is 1. The van der Waals surface area contributed by atoms with Crippen LogP contribution in [0.25, 0.3) is 11.3 Å². The zero-order chi connectivity index (χ0) is 41.8. The molecule has 2 aromatic carbocycles. The van der Waals surface area contributed by atoms with E-state index in [0.717, 1.165) is 50.5 Å². The van der Waals surface area contributed by atoms with Crippen LogP contribution in [0.1, 0.15) is 104 Å². The number of amides is 1. The van der Waals surface area contributed by atoms with Crippen LogP contribution < -0.4 is 24.8 Å². The molecule has 6 atom stereocenters. The summed E-state index contributed by atoms with van der Waals surface area (Å²) < 4.78 is 28.7. The Labute approximate surface area is 350 Å². The molecule has 4 fully saturated rings. The quantitative estimate of drug-likeness (QED) is 0.0930. The van der Waals surface area contributed by atoms with Gasteiger partial charge in [0.15, 0.2) is 22.7 Å². The zero-order valence-electron chi connectivity index (χ0n) is 35.2. The van der Waals surface area contributed by atoms with E-state index in [4.69, 9.17) is 18.9 Å². The third-order valence-corrected chi connectivity index (χ3v) is 14.8. The highest BCUT2D eigenvalue weighted by Crippen LogP contribution is 2.74. The average Bonchev–Trinajstić information content (AvgIpc) is 3.25. The number of benzene rings is 2. The van der Waals surface area contributed by atoms with Crippen molar-refractivity contribution in [3.8, 4) is 17.2 Å². The number of carbonyl (C=O) groups excluding carboxylic acids is 3. The van der Waals surface area contributed by atoms with Crippen molar-refractivity contribution in [2.45, 2.75) is 126 Å². The Morgan fingerprint density at radius 2 is 1.73 bits per heavy atom. The number of esters is 1. The second kappa shape index (κ2) is 14.0. The molecule has 3 saturated carbocycles. The monoisotopic (exact) mass is 818 g/mol. The van der Waals surface area contributed by atoms with Crippen molar-refractivity contribution in [1.29, 1.82) is 0 Å². The summed E-state index contributed by atoms with van der Waals surface area (Å²) in [7, 11) is 0. The second-order valence-corrected chi connectivity index (χ2v) is 19.6. The van der Waals surface area contributed by atoms with Crippen molar-refractivity contribution < 1.29 is 38.4 Å². The first-order valence-electron chi connectivity index (χ1n) is 20.9. The maximum atomic E-state index is 15.5. The number of Topliss-reactive ketones (excluding diaryl/α,β-unsaturated/α-hetero) is 1. The van der Waals surface area contributed by atoms with Gasteiger partial charge in [0.1, 0.15) is 17.1 Å². The number of hydrogen-bond acceptors (Lipinski definition) is 10. The Bertz CT molecular complexity index is 2380. The summed E-state index contributed by atoms with van der Waals surface area (Å²) in [6.45, 7) is 16.1. The van der Waals surface area contributed by atoms with Crippen LogP contribution in [-0.2, 0) is 25.5 Å². The third kappa shape index (κ3) is 5.92. The largest absolute Gasteiger partial charge is 0.482 e. The molecule has 1 amide bonds. The van der Waals surface area contributed by atoms with Crippen LogP contribution in [-0.4, -0.2) is 63.6 Å². The molecule has 8 aliphatic rings. The first-order chi connectivity index (χ1) is 28.0. The lowest BCUT2D eigenvalue weighted by atomic mass is 9.49. The molecule has 1 saturated heterocycles. The van der Waals surface area contributed by atoms with Crippen molar-refractivity contribution in [3.05, 3.63) is 87.6 Å². The number of aliphatic hydroxyl groups is 1. The van der Waals surface area contributed by atoms with Gasteiger partial charge < -0.3 is 34.7 Å². The molecule has 10 rings (SSSR count). The Morgan fingerprint density at radius 3 is 2.47 bits per heavy atom. The predicted molar refractivity (Wildman–Crippen MR) is 228 cm³/mol. The van der Waals surface area contributed by atoms with Gasteiger partial charge in [-0.05, 0) is 105 Å². The number of allylic oxidation sites excluding steroid dienone is 4. The van der Waals surface area contributed by atoms with Gasteiger partial charge in [-0.15, -0.1) is 11.8 Å². The standard InChI is InChI=1S/C48H54N2O8S/c1-25(2)12-11-18-46(8)24-28-22-34(52)55-41-35(28)39(56-46)29(16-15-26(3)4)40-36(41)38-37-42(59-32-14-10-9-13-31(32)50-38)30-23-33-45(6,7)58-47(43(30)53,48(33,37)57-40)19-17-27(5)44(54)49-20-21-51/h9-10,12-15,17,24,30,33,42,50-51H,11,16,18-23H2,1-8H3,(H,49,54)/b27-17-. The number of rotatable bonds is 10. The minimum Gasteiger partial charge on any atom is -0.482 e. The van der Waals surface area contributed by atoms with Crippen molar-refractivity contribution >= 4 is 46.4 Å². The number of aliphatic hydroxyl groups excluding tert-OH is 1. The summed E-state index contributed by atoms with van der Waals surface area (Å²) in [6, 6.07) is 8.14. The van der Waals surface area contributed by atoms with Crippen LogP contribution in [0.4, 0.5) is 5.69 Å². The molecule has 5 heterocycles. The topological polar surface area (TPSA) is 132 Å². The Hall–Kier alpha value is -4.58. The molecular weight excluding hydrogens is 765 g/mol. The van der Waals surface area contributed by atoms with E-state index in [1.165, 1.54) is 5.57 Å². The lowest BCUT2D eigenvalue weighted by Gasteiger charge is -2.61. The number of nitrogens with one attached hydrogen (secondary N) is 2. The molecule has 0 radical (unpaired) electrons. The summed E-state index contributed by atoms with van der Waals surface area (Å²) in [5, 5.41) is 15.7. The van der Waals surface area contributed by atoms with Crippen molar-refractivity contribution in [2.24, 2.45) is 11.8 Å². The highest BCUT2D eigenvalue weighted by Gasteiger charge is 2.83. The van der Waals surface area contributed by atoms with Gasteiger partial charge in [-0.1, -0.05) is 41.5 Å². The number of thioether (sulfide) groups is 1. The highest BCUT2D eigenvalue weighted by molar-refractivity contribution is 8.00. The number of anilines is 1. The lowest BCUT2D eigenvalue weighted by Crippen LogP contribution is -2.75. The van der Waals surface area contributed by atoms with Crippen molar-refractivity contribution in [3.63, 3.8) is 0 Å². The van der Waals surface area contributed by atoms with E-state index < -0.39 is 28.3 Å². The van der Waals surface area contributed by atoms with Crippen LogP contribution in [0.5, 0.6) is 17.2 Å². The Kier molecular flexibility index (Phi) is 9.45. The molecule has 0 aromatic heterocycles. The maximum Gasteiger partial charge on any atom is 0.315 e. The number of ketones is 1. The molecule has 3 aliphatic carbocycles. The summed E-state index contributed by atoms with van der Waals surface area (Å²) in [5.74, 6) is 0.162. The molecule has 11 heteroatoms. The van der Waals surface area contributed by atoms with E-state index in [1.54, 1.807) is 24.8 Å². The van der Waals surface area contributed by atoms with E-state index in [1.807, 2.05) is 32.0 Å². The van der Waals surface area contributed by atoms with Gasteiger partial charge in [0, 0.05) is 51.7 Å². The third-order valence-electron chi connectivity index (χ3n) is 13.3. The van der Waals surface area contributed by atoms with Crippen LogP contribution >= 0.6 is 11.8 Å². The summed E-state index contributed by atoms with van der Waals surface area (Å²) in [5.41, 5.74) is 4.14. The molecule has 310 valence electrons. The average molecular weight is 819 g/mol. The smallest absolute Gasteiger partial charge is 0.315 e. The SMILES string of the molecule is CC(C)=CCCC1(C)C=C2CC(=O)Oc3c2c(c(CC=C(C)C)c2c3C3=C4C(Sc5ccccc5N3)C3CC5C(C)(C)OC(C/C=C(/C)C(=O)NCCO)(C3=O)C45O2)O1. The fourth-order valence-electron chi connectivity index (χ4n) is 10.8. The van der Waals surface area contributed by atoms with Crippen LogP contribution in [0.15, 0.2) is 75.8 Å². The summed E-state index contributed by atoms with van der Waals surface area (Å²) >= 11 is 1.67. The molecule has 3 N–H and O–H groups in total. The fraction of sp³-hybridized carbons (Fsp3) is 0.479. The van der Waals surface area contributed by atoms with Crippen LogP contribution in [0, 0.1) is 11.8 Å². The molecule has 59 heavy (non-hydrogen) atoms. The number of hydrogen-bond donors (Lipinski definition) is 3. The second-order valence-electron chi connectivity index (χ2n) is 18.4. The van der Waals surface area contributed by atoms with Gasteiger partial charge in [-0.2, -0.15) is 0 Å². The number of fused-ring (bicyclic) bond motifs is 4. The van der Waals surface area contributed by atoms with Gasteiger partial charge in [0.05, 0.1) is 41.1 Å². The molecule has 10 nitrogen and oxygen atoms in total.